The third-order valence-corrected chi connectivity index (χ3v) is 7.18. The molecule has 1 aromatic rings. The molecule has 0 radical (unpaired) electrons. The number of benzene rings is 1. The van der Waals surface area contributed by atoms with Crippen LogP contribution in [0.15, 0.2) is 24.3 Å². The first-order chi connectivity index (χ1) is 12.7. The normalized spacial score (nSPS) is 25.7. The van der Waals surface area contributed by atoms with Gasteiger partial charge in [-0.3, -0.25) is 9.10 Å². The zero-order valence-electron chi connectivity index (χ0n) is 16.5. The fraction of sp³-hybridized carbons (Fsp3) is 0.650. The van der Waals surface area contributed by atoms with Crippen LogP contribution in [-0.4, -0.2) is 58.3 Å². The molecular formula is C20H30N2O4S. The zero-order chi connectivity index (χ0) is 19.7. The quantitative estimate of drug-likeness (QED) is 0.770. The molecule has 0 unspecified atom stereocenters. The van der Waals surface area contributed by atoms with E-state index in [1.807, 2.05) is 24.0 Å². The fourth-order valence-corrected chi connectivity index (χ4v) is 5.56. The van der Waals surface area contributed by atoms with E-state index in [1.54, 1.807) is 19.2 Å². The van der Waals surface area contributed by atoms with Gasteiger partial charge in [0.1, 0.15) is 6.54 Å². The molecule has 1 saturated heterocycles. The number of hydrogen-bond donors (Lipinski definition) is 0. The number of amides is 1. The van der Waals surface area contributed by atoms with Crippen molar-refractivity contribution in [1.29, 1.82) is 0 Å². The van der Waals surface area contributed by atoms with E-state index in [1.165, 1.54) is 4.31 Å². The number of rotatable bonds is 5. The minimum absolute atomic E-state index is 0.0297. The van der Waals surface area contributed by atoms with Crippen LogP contribution in [0, 0.1) is 12.3 Å². The Morgan fingerprint density at radius 2 is 2.07 bits per heavy atom. The Balaban J connectivity index is 1.78. The van der Waals surface area contributed by atoms with Gasteiger partial charge in [0.2, 0.25) is 15.9 Å². The van der Waals surface area contributed by atoms with E-state index in [-0.39, 0.29) is 24.0 Å². The summed E-state index contributed by atoms with van der Waals surface area (Å²) in [5.41, 5.74) is 1.52. The second-order valence-corrected chi connectivity index (χ2v) is 9.91. The highest BCUT2D eigenvalue weighted by atomic mass is 32.2. The number of sulfonamides is 1. The van der Waals surface area contributed by atoms with Crippen molar-refractivity contribution in [2.24, 2.45) is 5.41 Å². The van der Waals surface area contributed by atoms with Crippen molar-refractivity contribution in [3.8, 4) is 0 Å². The zero-order valence-corrected chi connectivity index (χ0v) is 17.3. The number of likely N-dealkylation sites (tertiary alicyclic amines) is 1. The molecule has 3 rings (SSSR count). The average Bonchev–Trinajstić information content (AvgIpc) is 3.00. The standard InChI is InChI=1S/C20H30N2O4S/c1-16-7-4-8-17(13-16)22(27(3,24)25)14-19(23)21-12-6-11-20(15-21)10-5-9-18(20)26-2/h4,7-8,13,18H,5-6,9-12,14-15H2,1-3H3/t18-,20-/m1/s1. The summed E-state index contributed by atoms with van der Waals surface area (Å²) in [6.07, 6.45) is 6.59. The first-order valence-corrected chi connectivity index (χ1v) is 11.4. The third kappa shape index (κ3) is 4.29. The lowest BCUT2D eigenvalue weighted by Crippen LogP contribution is -2.52. The van der Waals surface area contributed by atoms with E-state index >= 15 is 0 Å². The maximum Gasteiger partial charge on any atom is 0.243 e. The van der Waals surface area contributed by atoms with Crippen molar-refractivity contribution in [2.75, 3.05) is 37.3 Å². The largest absolute Gasteiger partial charge is 0.381 e. The predicted molar refractivity (Wildman–Crippen MR) is 106 cm³/mol. The van der Waals surface area contributed by atoms with Gasteiger partial charge < -0.3 is 9.64 Å². The van der Waals surface area contributed by atoms with Crippen LogP contribution >= 0.6 is 0 Å². The summed E-state index contributed by atoms with van der Waals surface area (Å²) in [6, 6.07) is 7.25. The molecule has 6 nitrogen and oxygen atoms in total. The lowest BCUT2D eigenvalue weighted by molar-refractivity contribution is -0.135. The van der Waals surface area contributed by atoms with E-state index in [9.17, 15) is 13.2 Å². The number of aryl methyl sites for hydroxylation is 1. The number of anilines is 1. The van der Waals surface area contributed by atoms with Crippen molar-refractivity contribution in [2.45, 2.75) is 45.1 Å². The third-order valence-electron chi connectivity index (χ3n) is 6.04. The Morgan fingerprint density at radius 1 is 1.33 bits per heavy atom. The number of hydrogen-bond acceptors (Lipinski definition) is 4. The summed E-state index contributed by atoms with van der Waals surface area (Å²) >= 11 is 0. The van der Waals surface area contributed by atoms with Crippen molar-refractivity contribution in [3.63, 3.8) is 0 Å². The first kappa shape index (κ1) is 20.1. The molecule has 0 N–H and O–H groups in total. The van der Waals surface area contributed by atoms with Gasteiger partial charge in [0, 0.05) is 25.6 Å². The SMILES string of the molecule is CO[C@@H]1CCC[C@]12CCCN(C(=O)CN(c1cccc(C)c1)S(C)(=O)=O)C2. The van der Waals surface area contributed by atoms with E-state index < -0.39 is 10.0 Å². The molecule has 7 heteroatoms. The van der Waals surface area contributed by atoms with Gasteiger partial charge >= 0.3 is 0 Å². The fourth-order valence-electron chi connectivity index (χ4n) is 4.72. The van der Waals surface area contributed by atoms with Crippen molar-refractivity contribution >= 4 is 21.6 Å². The Kier molecular flexibility index (Phi) is 5.82. The van der Waals surface area contributed by atoms with E-state index in [4.69, 9.17) is 4.74 Å². The summed E-state index contributed by atoms with van der Waals surface area (Å²) < 4.78 is 31.6. The first-order valence-electron chi connectivity index (χ1n) is 9.60. The lowest BCUT2D eigenvalue weighted by Gasteiger charge is -2.44. The smallest absolute Gasteiger partial charge is 0.243 e. The van der Waals surface area contributed by atoms with Crippen molar-refractivity contribution < 1.29 is 17.9 Å². The van der Waals surface area contributed by atoms with Crippen LogP contribution in [0.4, 0.5) is 5.69 Å². The van der Waals surface area contributed by atoms with E-state index in [0.717, 1.165) is 43.9 Å². The maximum atomic E-state index is 13.0. The summed E-state index contributed by atoms with van der Waals surface area (Å²) in [6.45, 7) is 3.10. The lowest BCUT2D eigenvalue weighted by atomic mass is 9.76. The highest BCUT2D eigenvalue weighted by Crippen LogP contribution is 2.46. The Bertz CT molecular complexity index is 795. The number of carbonyl (C=O) groups excluding carboxylic acids is 1. The van der Waals surface area contributed by atoms with Crippen LogP contribution in [-0.2, 0) is 19.6 Å². The number of nitrogens with zero attached hydrogens (tertiary/aromatic N) is 2. The minimum atomic E-state index is -3.55. The van der Waals surface area contributed by atoms with Crippen LogP contribution in [0.3, 0.4) is 0 Å². The Morgan fingerprint density at radius 3 is 2.74 bits per heavy atom. The topological polar surface area (TPSA) is 66.9 Å². The Hall–Kier alpha value is -1.60. The highest BCUT2D eigenvalue weighted by molar-refractivity contribution is 7.92. The monoisotopic (exact) mass is 394 g/mol. The molecule has 0 bridgehead atoms. The molecule has 150 valence electrons. The van der Waals surface area contributed by atoms with Gasteiger partial charge in [-0.25, -0.2) is 8.42 Å². The van der Waals surface area contributed by atoms with Crippen LogP contribution in [0.5, 0.6) is 0 Å². The van der Waals surface area contributed by atoms with Gasteiger partial charge in [0.05, 0.1) is 18.0 Å². The molecular weight excluding hydrogens is 364 g/mol. The number of piperidine rings is 1. The van der Waals surface area contributed by atoms with Gasteiger partial charge in [-0.15, -0.1) is 0 Å². The summed E-state index contributed by atoms with van der Waals surface area (Å²) in [7, 11) is -1.80. The molecule has 0 aromatic heterocycles. The number of ether oxygens (including phenoxy) is 1. The van der Waals surface area contributed by atoms with Gasteiger partial charge in [-0.05, 0) is 50.3 Å². The molecule has 1 aliphatic carbocycles. The van der Waals surface area contributed by atoms with Gasteiger partial charge in [0.15, 0.2) is 0 Å². The van der Waals surface area contributed by atoms with Crippen LogP contribution in [0.2, 0.25) is 0 Å². The molecule has 2 fully saturated rings. The maximum absolute atomic E-state index is 13.0. The highest BCUT2D eigenvalue weighted by Gasteiger charge is 2.46. The van der Waals surface area contributed by atoms with E-state index in [2.05, 4.69) is 0 Å². The molecule has 2 aliphatic rings. The molecule has 1 saturated carbocycles. The molecule has 2 atom stereocenters. The van der Waals surface area contributed by atoms with Gasteiger partial charge in [-0.1, -0.05) is 18.6 Å². The van der Waals surface area contributed by atoms with Crippen molar-refractivity contribution in [1.82, 2.24) is 4.90 Å². The number of carbonyl (C=O) groups is 1. The predicted octanol–water partition coefficient (Wildman–Crippen LogP) is 2.57. The summed E-state index contributed by atoms with van der Waals surface area (Å²) in [4.78, 5) is 14.9. The van der Waals surface area contributed by atoms with Crippen LogP contribution < -0.4 is 4.31 Å². The second kappa shape index (κ2) is 7.80. The second-order valence-electron chi connectivity index (χ2n) is 8.01. The molecule has 1 heterocycles. The number of methoxy groups -OCH3 is 1. The molecule has 27 heavy (non-hydrogen) atoms. The van der Waals surface area contributed by atoms with Crippen LogP contribution in [0.1, 0.15) is 37.7 Å². The van der Waals surface area contributed by atoms with E-state index in [0.29, 0.717) is 18.8 Å². The molecule has 1 aromatic carbocycles. The molecule has 1 spiro atoms. The molecule has 1 amide bonds. The summed E-state index contributed by atoms with van der Waals surface area (Å²) in [5.74, 6) is -0.136. The average molecular weight is 395 g/mol. The van der Waals surface area contributed by atoms with Crippen LogP contribution in [0.25, 0.3) is 0 Å². The minimum Gasteiger partial charge on any atom is -0.381 e. The Labute approximate surface area is 162 Å². The van der Waals surface area contributed by atoms with Crippen molar-refractivity contribution in [3.05, 3.63) is 29.8 Å². The van der Waals surface area contributed by atoms with Gasteiger partial charge in [-0.2, -0.15) is 0 Å². The summed E-state index contributed by atoms with van der Waals surface area (Å²) in [5, 5.41) is 0. The molecule has 1 aliphatic heterocycles. The van der Waals surface area contributed by atoms with Gasteiger partial charge in [0.25, 0.3) is 0 Å².